The van der Waals surface area contributed by atoms with E-state index in [0.29, 0.717) is 24.7 Å². The lowest BCUT2D eigenvalue weighted by Gasteiger charge is -2.35. The van der Waals surface area contributed by atoms with Crippen LogP contribution in [0.4, 0.5) is 0 Å². The molecule has 2 N–H and O–H groups in total. The molecule has 28 heavy (non-hydrogen) atoms. The van der Waals surface area contributed by atoms with Crippen molar-refractivity contribution in [1.29, 1.82) is 0 Å². The van der Waals surface area contributed by atoms with E-state index in [1.165, 1.54) is 38.5 Å². The van der Waals surface area contributed by atoms with Crippen molar-refractivity contribution in [3.05, 3.63) is 0 Å². The van der Waals surface area contributed by atoms with E-state index in [1.807, 2.05) is 0 Å². The van der Waals surface area contributed by atoms with Gasteiger partial charge in [0, 0.05) is 32.5 Å². The minimum Gasteiger partial charge on any atom is -0.343 e. The van der Waals surface area contributed by atoms with E-state index in [9.17, 15) is 9.59 Å². The number of rotatable bonds is 4. The summed E-state index contributed by atoms with van der Waals surface area (Å²) >= 11 is 0. The Labute approximate surface area is 172 Å². The summed E-state index contributed by atoms with van der Waals surface area (Å²) < 4.78 is 0. The maximum atomic E-state index is 12.8. The van der Waals surface area contributed by atoms with Crippen molar-refractivity contribution in [2.24, 2.45) is 5.73 Å². The molecule has 0 aliphatic carbocycles. The number of carbonyl (C=O) groups is 2. The van der Waals surface area contributed by atoms with Crippen molar-refractivity contribution < 1.29 is 9.59 Å². The van der Waals surface area contributed by atoms with E-state index in [1.54, 1.807) is 0 Å². The number of piperidine rings is 1. The van der Waals surface area contributed by atoms with Crippen LogP contribution in [0.5, 0.6) is 0 Å². The summed E-state index contributed by atoms with van der Waals surface area (Å²) in [5, 5.41) is 0. The number of unbranched alkanes of at least 4 members (excludes halogenated alkanes) is 1. The molecule has 0 saturated carbocycles. The zero-order chi connectivity index (χ0) is 20.0. The number of hydrogen-bond acceptors (Lipinski definition) is 4. The molecule has 1 amide bonds. The molecule has 0 bridgehead atoms. The highest BCUT2D eigenvalue weighted by molar-refractivity contribution is 5.84. The van der Waals surface area contributed by atoms with Crippen molar-refractivity contribution in [1.82, 2.24) is 9.80 Å². The fraction of sp³-hybridized carbons (Fsp3) is 0.913. The Balaban J connectivity index is 1.94. The van der Waals surface area contributed by atoms with Crippen molar-refractivity contribution in [3.8, 4) is 0 Å². The van der Waals surface area contributed by atoms with Gasteiger partial charge in [-0.25, -0.2) is 0 Å². The summed E-state index contributed by atoms with van der Waals surface area (Å²) in [6.07, 6.45) is 15.8. The van der Waals surface area contributed by atoms with Crippen molar-refractivity contribution in [2.75, 3.05) is 32.7 Å². The van der Waals surface area contributed by atoms with Crippen LogP contribution in [0, 0.1) is 0 Å². The predicted molar refractivity (Wildman–Crippen MR) is 115 cm³/mol. The number of Topliss-reactive ketones (excluding diaryl/α,β-unsaturated/α-hetero) is 1. The summed E-state index contributed by atoms with van der Waals surface area (Å²) in [7, 11) is 0. The average molecular weight is 394 g/mol. The van der Waals surface area contributed by atoms with Crippen molar-refractivity contribution >= 4 is 11.7 Å². The molecule has 2 aliphatic rings. The molecular weight excluding hydrogens is 350 g/mol. The van der Waals surface area contributed by atoms with Crippen LogP contribution in [0.1, 0.15) is 96.3 Å². The minimum atomic E-state index is 0.130. The maximum Gasteiger partial charge on any atom is 0.222 e. The highest BCUT2D eigenvalue weighted by atomic mass is 16.2. The third-order valence-corrected chi connectivity index (χ3v) is 6.41. The Morgan fingerprint density at radius 1 is 0.750 bits per heavy atom. The van der Waals surface area contributed by atoms with Gasteiger partial charge >= 0.3 is 0 Å². The maximum absolute atomic E-state index is 12.8. The van der Waals surface area contributed by atoms with Gasteiger partial charge in [-0.2, -0.15) is 0 Å². The first kappa shape index (κ1) is 23.3. The molecule has 162 valence electrons. The molecule has 0 radical (unpaired) electrons. The largest absolute Gasteiger partial charge is 0.343 e. The van der Waals surface area contributed by atoms with Crippen molar-refractivity contribution in [2.45, 2.75) is 102 Å². The molecule has 0 aromatic heterocycles. The molecule has 0 aromatic rings. The lowest BCUT2D eigenvalue weighted by Crippen LogP contribution is -2.46. The van der Waals surface area contributed by atoms with E-state index in [4.69, 9.17) is 5.73 Å². The Kier molecular flexibility index (Phi) is 11.8. The first-order valence-corrected chi connectivity index (χ1v) is 12.0. The third-order valence-electron chi connectivity index (χ3n) is 6.41. The molecule has 2 rings (SSSR count). The minimum absolute atomic E-state index is 0.130. The quantitative estimate of drug-likeness (QED) is 0.736. The average Bonchev–Trinajstić information content (AvgIpc) is 2.71. The second kappa shape index (κ2) is 14.1. The number of fused-ring (bicyclic) bond motifs is 1. The van der Waals surface area contributed by atoms with E-state index in [0.717, 1.165) is 77.5 Å². The highest BCUT2D eigenvalue weighted by Gasteiger charge is 2.27. The fourth-order valence-electron chi connectivity index (χ4n) is 4.68. The summed E-state index contributed by atoms with van der Waals surface area (Å²) in [6.45, 7) is 4.33. The summed E-state index contributed by atoms with van der Waals surface area (Å²) in [5.74, 6) is 0.771. The van der Waals surface area contributed by atoms with Crippen LogP contribution >= 0.6 is 0 Å². The third kappa shape index (κ3) is 8.60. The predicted octanol–water partition coefficient (Wildman–Crippen LogP) is 3.89. The van der Waals surface area contributed by atoms with Gasteiger partial charge in [0.25, 0.3) is 0 Å². The van der Waals surface area contributed by atoms with Gasteiger partial charge in [0.05, 0.1) is 6.04 Å². The summed E-state index contributed by atoms with van der Waals surface area (Å²) in [6, 6.07) is 0.130. The molecule has 2 fully saturated rings. The topological polar surface area (TPSA) is 66.6 Å². The number of amides is 1. The highest BCUT2D eigenvalue weighted by Crippen LogP contribution is 2.21. The SMILES string of the molecule is NCCCCN1CCCN2CCCC[C@H]2C(=O)CCCCCCCCCC1=O. The van der Waals surface area contributed by atoms with Crippen LogP contribution in [0.25, 0.3) is 0 Å². The Bertz CT molecular complexity index is 455. The van der Waals surface area contributed by atoms with Crippen LogP contribution in [-0.4, -0.2) is 60.3 Å². The van der Waals surface area contributed by atoms with Gasteiger partial charge in [-0.3, -0.25) is 14.5 Å². The van der Waals surface area contributed by atoms with Gasteiger partial charge in [-0.15, -0.1) is 0 Å². The van der Waals surface area contributed by atoms with E-state index >= 15 is 0 Å². The van der Waals surface area contributed by atoms with E-state index in [-0.39, 0.29) is 6.04 Å². The number of nitrogens with zero attached hydrogens (tertiary/aromatic N) is 2. The monoisotopic (exact) mass is 393 g/mol. The Morgan fingerprint density at radius 3 is 2.18 bits per heavy atom. The van der Waals surface area contributed by atoms with Gasteiger partial charge < -0.3 is 10.6 Å². The molecule has 5 heteroatoms. The molecule has 2 heterocycles. The van der Waals surface area contributed by atoms with Gasteiger partial charge in [0.2, 0.25) is 5.91 Å². The Hall–Kier alpha value is -0.940. The van der Waals surface area contributed by atoms with Crippen LogP contribution in [0.15, 0.2) is 0 Å². The van der Waals surface area contributed by atoms with Crippen LogP contribution in [0.3, 0.4) is 0 Å². The molecule has 0 spiro atoms. The molecule has 0 unspecified atom stereocenters. The zero-order valence-electron chi connectivity index (χ0n) is 18.0. The summed E-state index contributed by atoms with van der Waals surface area (Å²) in [5.41, 5.74) is 5.63. The van der Waals surface area contributed by atoms with E-state index < -0.39 is 0 Å². The van der Waals surface area contributed by atoms with Gasteiger partial charge in [0.1, 0.15) is 5.78 Å². The van der Waals surface area contributed by atoms with Gasteiger partial charge in [0.15, 0.2) is 0 Å². The molecule has 2 aliphatic heterocycles. The van der Waals surface area contributed by atoms with Crippen LogP contribution in [0.2, 0.25) is 0 Å². The number of hydrogen-bond donors (Lipinski definition) is 1. The standard InChI is InChI=1S/C23H43N3O2/c24-16-9-11-18-26-20-12-19-25-17-10-8-13-21(25)22(27)14-6-4-2-1-3-5-7-15-23(26)28/h21H,1-20,24H2/t21-/m0/s1. The molecule has 1 atom stereocenters. The van der Waals surface area contributed by atoms with Crippen LogP contribution < -0.4 is 5.73 Å². The summed E-state index contributed by atoms with van der Waals surface area (Å²) in [4.78, 5) is 30.0. The molecule has 2 saturated heterocycles. The molecule has 5 nitrogen and oxygen atoms in total. The molecule has 0 aromatic carbocycles. The zero-order valence-corrected chi connectivity index (χ0v) is 18.0. The lowest BCUT2D eigenvalue weighted by molar-refractivity contribution is -0.132. The molecular formula is C23H43N3O2. The first-order chi connectivity index (χ1) is 13.7. The number of ketones is 1. The first-order valence-electron chi connectivity index (χ1n) is 12.0. The van der Waals surface area contributed by atoms with Gasteiger partial charge in [-0.05, 0) is 58.0 Å². The second-order valence-electron chi connectivity index (χ2n) is 8.72. The lowest BCUT2D eigenvalue weighted by atomic mass is 9.95. The number of nitrogens with two attached hydrogens (primary N) is 1. The van der Waals surface area contributed by atoms with Crippen LogP contribution in [-0.2, 0) is 9.59 Å². The van der Waals surface area contributed by atoms with E-state index in [2.05, 4.69) is 9.80 Å². The normalized spacial score (nSPS) is 25.3. The Morgan fingerprint density at radius 2 is 1.43 bits per heavy atom. The smallest absolute Gasteiger partial charge is 0.222 e. The van der Waals surface area contributed by atoms with Crippen molar-refractivity contribution in [3.63, 3.8) is 0 Å². The van der Waals surface area contributed by atoms with Gasteiger partial charge in [-0.1, -0.05) is 38.5 Å². The number of carbonyl (C=O) groups excluding carboxylic acids is 2. The fourth-order valence-corrected chi connectivity index (χ4v) is 4.68. The second-order valence-corrected chi connectivity index (χ2v) is 8.72.